The number of benzene rings is 2. The lowest BCUT2D eigenvalue weighted by atomic mass is 9.87. The number of hydrogen-bond acceptors (Lipinski definition) is 6. The Bertz CT molecular complexity index is 815. The van der Waals surface area contributed by atoms with Gasteiger partial charge in [-0.3, -0.25) is 0 Å². The molecule has 4 N–H and O–H groups in total. The van der Waals surface area contributed by atoms with Crippen molar-refractivity contribution in [3.8, 4) is 5.75 Å². The summed E-state index contributed by atoms with van der Waals surface area (Å²) in [6, 6.07) is 11.8. The number of ether oxygens (including phenoxy) is 2. The summed E-state index contributed by atoms with van der Waals surface area (Å²) >= 11 is 6.27. The van der Waals surface area contributed by atoms with E-state index in [1.54, 1.807) is 19.2 Å². The van der Waals surface area contributed by atoms with Gasteiger partial charge >= 0.3 is 0 Å². The van der Waals surface area contributed by atoms with Crippen molar-refractivity contribution in [2.24, 2.45) is 0 Å². The van der Waals surface area contributed by atoms with Crippen LogP contribution in [0.2, 0.25) is 5.02 Å². The SMILES string of the molecule is COc1ccc(Cc2cc([C@@]3(O)O[C@H](CO)[C@@H](F)[C@H](O)[C@H]3O)ccc2Cl)cc1. The zero-order chi connectivity index (χ0) is 20.5. The van der Waals surface area contributed by atoms with Gasteiger partial charge in [0.15, 0.2) is 6.17 Å². The van der Waals surface area contributed by atoms with Crippen LogP contribution in [-0.2, 0) is 16.9 Å². The van der Waals surface area contributed by atoms with E-state index >= 15 is 0 Å². The highest BCUT2D eigenvalue weighted by Crippen LogP contribution is 2.38. The fourth-order valence-electron chi connectivity index (χ4n) is 3.26. The molecule has 3 rings (SSSR count). The molecule has 1 fully saturated rings. The molecule has 0 aliphatic carbocycles. The average molecular weight is 413 g/mol. The highest BCUT2D eigenvalue weighted by atomic mass is 35.5. The van der Waals surface area contributed by atoms with Crippen LogP contribution < -0.4 is 4.74 Å². The van der Waals surface area contributed by atoms with E-state index in [1.165, 1.54) is 18.2 Å². The van der Waals surface area contributed by atoms with Gasteiger partial charge in [-0.2, -0.15) is 0 Å². The minimum atomic E-state index is -2.39. The quantitative estimate of drug-likeness (QED) is 0.594. The van der Waals surface area contributed by atoms with Crippen molar-refractivity contribution in [2.75, 3.05) is 13.7 Å². The van der Waals surface area contributed by atoms with Crippen LogP contribution >= 0.6 is 11.6 Å². The highest BCUT2D eigenvalue weighted by molar-refractivity contribution is 6.31. The van der Waals surface area contributed by atoms with Gasteiger partial charge < -0.3 is 29.9 Å². The number of methoxy groups -OCH3 is 1. The van der Waals surface area contributed by atoms with Crippen molar-refractivity contribution in [2.45, 2.75) is 36.7 Å². The Kier molecular flexibility index (Phi) is 6.24. The third kappa shape index (κ3) is 3.87. The maximum Gasteiger partial charge on any atom is 0.222 e. The molecule has 0 amide bonds. The molecule has 0 bridgehead atoms. The summed E-state index contributed by atoms with van der Waals surface area (Å²) in [5.74, 6) is -1.68. The third-order valence-electron chi connectivity index (χ3n) is 4.93. The Morgan fingerprint density at radius 1 is 1.18 bits per heavy atom. The van der Waals surface area contributed by atoms with Crippen molar-refractivity contribution < 1.29 is 34.3 Å². The van der Waals surface area contributed by atoms with Crippen LogP contribution in [0.5, 0.6) is 5.75 Å². The standard InChI is InChI=1S/C20H22ClFO6/c1-27-14-5-2-11(3-6-14)8-12-9-13(4-7-15(12)21)20(26)19(25)18(24)17(22)16(10-23)28-20/h2-7,9,16-19,23-26H,8,10H2,1H3/t16-,17-,18+,19-,20-/m1/s1. The fourth-order valence-corrected chi connectivity index (χ4v) is 3.45. The molecule has 6 nitrogen and oxygen atoms in total. The lowest BCUT2D eigenvalue weighted by Crippen LogP contribution is -2.62. The van der Waals surface area contributed by atoms with Crippen LogP contribution in [0.4, 0.5) is 4.39 Å². The second kappa shape index (κ2) is 8.32. The van der Waals surface area contributed by atoms with Gasteiger partial charge in [0, 0.05) is 10.6 Å². The largest absolute Gasteiger partial charge is 0.497 e. The number of rotatable bonds is 5. The van der Waals surface area contributed by atoms with E-state index in [1.807, 2.05) is 12.1 Å². The Morgan fingerprint density at radius 3 is 2.46 bits per heavy atom. The van der Waals surface area contributed by atoms with E-state index in [0.29, 0.717) is 22.8 Å². The first-order chi connectivity index (χ1) is 13.3. The molecule has 0 spiro atoms. The predicted molar refractivity (Wildman–Crippen MR) is 100 cm³/mol. The second-order valence-corrected chi connectivity index (χ2v) is 7.15. The second-order valence-electron chi connectivity index (χ2n) is 6.75. The summed E-state index contributed by atoms with van der Waals surface area (Å²) in [5.41, 5.74) is 1.65. The first-order valence-electron chi connectivity index (χ1n) is 8.73. The Morgan fingerprint density at radius 2 is 1.86 bits per heavy atom. The number of alkyl halides is 1. The van der Waals surface area contributed by atoms with Crippen LogP contribution in [-0.4, -0.2) is 58.6 Å². The van der Waals surface area contributed by atoms with Crippen LogP contribution in [0.15, 0.2) is 42.5 Å². The van der Waals surface area contributed by atoms with Crippen molar-refractivity contribution >= 4 is 11.6 Å². The molecule has 2 aromatic carbocycles. The van der Waals surface area contributed by atoms with Gasteiger partial charge in [-0.25, -0.2) is 4.39 Å². The van der Waals surface area contributed by atoms with Crippen molar-refractivity contribution in [1.29, 1.82) is 0 Å². The first-order valence-corrected chi connectivity index (χ1v) is 9.11. The van der Waals surface area contributed by atoms with Gasteiger partial charge in [0.25, 0.3) is 0 Å². The van der Waals surface area contributed by atoms with Crippen LogP contribution in [0, 0.1) is 0 Å². The zero-order valence-electron chi connectivity index (χ0n) is 15.1. The van der Waals surface area contributed by atoms with Gasteiger partial charge in [-0.15, -0.1) is 0 Å². The molecule has 5 atom stereocenters. The van der Waals surface area contributed by atoms with Crippen molar-refractivity contribution in [3.63, 3.8) is 0 Å². The highest BCUT2D eigenvalue weighted by Gasteiger charge is 2.54. The van der Waals surface area contributed by atoms with E-state index in [4.69, 9.17) is 21.1 Å². The predicted octanol–water partition coefficient (Wildman–Crippen LogP) is 1.54. The van der Waals surface area contributed by atoms with E-state index < -0.39 is 36.9 Å². The fraction of sp³-hybridized carbons (Fsp3) is 0.400. The molecular weight excluding hydrogens is 391 g/mol. The summed E-state index contributed by atoms with van der Waals surface area (Å²) < 4.78 is 24.4. The molecule has 1 aliphatic heterocycles. The minimum Gasteiger partial charge on any atom is -0.497 e. The summed E-state index contributed by atoms with van der Waals surface area (Å²) in [4.78, 5) is 0. The maximum atomic E-state index is 14.0. The van der Waals surface area contributed by atoms with E-state index in [0.717, 1.165) is 5.56 Å². The smallest absolute Gasteiger partial charge is 0.222 e. The summed E-state index contributed by atoms with van der Waals surface area (Å²) in [6.45, 7) is -0.764. The molecular formula is C20H22ClFO6. The topological polar surface area (TPSA) is 99.4 Å². The number of aliphatic hydroxyl groups is 4. The normalized spacial score (nSPS) is 30.2. The zero-order valence-corrected chi connectivity index (χ0v) is 15.9. The molecule has 2 aromatic rings. The molecule has 8 heteroatoms. The molecule has 0 aromatic heterocycles. The molecule has 1 saturated heterocycles. The Labute approximate surface area is 166 Å². The van der Waals surface area contributed by atoms with Crippen molar-refractivity contribution in [1.82, 2.24) is 0 Å². The van der Waals surface area contributed by atoms with Crippen molar-refractivity contribution in [3.05, 3.63) is 64.2 Å². The summed E-state index contributed by atoms with van der Waals surface area (Å²) in [5, 5.41) is 40.8. The van der Waals surface area contributed by atoms with E-state index in [2.05, 4.69) is 0 Å². The first kappa shape index (κ1) is 21.0. The Balaban J connectivity index is 1.92. The lowest BCUT2D eigenvalue weighted by molar-refractivity contribution is -0.350. The van der Waals surface area contributed by atoms with Crippen LogP contribution in [0.3, 0.4) is 0 Å². The van der Waals surface area contributed by atoms with Gasteiger partial charge in [0.05, 0.1) is 13.7 Å². The molecule has 152 valence electrons. The maximum absolute atomic E-state index is 14.0. The number of halogens is 2. The minimum absolute atomic E-state index is 0.0947. The Hall–Kier alpha value is -1.74. The molecule has 0 unspecified atom stereocenters. The van der Waals surface area contributed by atoms with Gasteiger partial charge in [-0.05, 0) is 41.8 Å². The monoisotopic (exact) mass is 412 g/mol. The van der Waals surface area contributed by atoms with Crippen LogP contribution in [0.25, 0.3) is 0 Å². The average Bonchev–Trinajstić information content (AvgIpc) is 2.71. The lowest BCUT2D eigenvalue weighted by Gasteiger charge is -2.44. The van der Waals surface area contributed by atoms with Crippen LogP contribution in [0.1, 0.15) is 16.7 Å². The molecule has 1 aliphatic rings. The van der Waals surface area contributed by atoms with Gasteiger partial charge in [0.1, 0.15) is 24.1 Å². The number of hydrogen-bond donors (Lipinski definition) is 4. The molecule has 0 radical (unpaired) electrons. The summed E-state index contributed by atoms with van der Waals surface area (Å²) in [7, 11) is 1.57. The molecule has 1 heterocycles. The van der Waals surface area contributed by atoms with Gasteiger partial charge in [-0.1, -0.05) is 29.8 Å². The third-order valence-corrected chi connectivity index (χ3v) is 5.30. The van der Waals surface area contributed by atoms with E-state index in [9.17, 15) is 24.8 Å². The number of aliphatic hydroxyl groups excluding tert-OH is 3. The molecule has 0 saturated carbocycles. The molecule has 28 heavy (non-hydrogen) atoms. The van der Waals surface area contributed by atoms with E-state index in [-0.39, 0.29) is 5.56 Å². The summed E-state index contributed by atoms with van der Waals surface area (Å²) in [6.07, 6.45) is -6.96. The van der Waals surface area contributed by atoms with Gasteiger partial charge in [0.2, 0.25) is 5.79 Å².